The van der Waals surface area contributed by atoms with Gasteiger partial charge in [-0.25, -0.2) is 4.98 Å². The minimum atomic E-state index is -0.284. The van der Waals surface area contributed by atoms with E-state index in [1.807, 2.05) is 42.5 Å². The number of halogens is 1. The summed E-state index contributed by atoms with van der Waals surface area (Å²) in [4.78, 5) is 29.0. The van der Waals surface area contributed by atoms with E-state index in [1.54, 1.807) is 6.07 Å². The van der Waals surface area contributed by atoms with E-state index >= 15 is 0 Å². The maximum absolute atomic E-state index is 12.7. The lowest BCUT2D eigenvalue weighted by molar-refractivity contribution is -0.122. The van der Waals surface area contributed by atoms with Gasteiger partial charge < -0.3 is 5.32 Å². The molecule has 6 heteroatoms. The molecule has 1 fully saturated rings. The first-order chi connectivity index (χ1) is 12.6. The topological polar surface area (TPSA) is 64.0 Å². The fourth-order valence-electron chi connectivity index (χ4n) is 3.21. The maximum Gasteiger partial charge on any atom is 0.269 e. The average Bonchev–Trinajstić information content (AvgIpc) is 3.48. The van der Waals surface area contributed by atoms with Gasteiger partial charge in [0, 0.05) is 5.02 Å². The number of carbonyl (C=O) groups is 1. The highest BCUT2D eigenvalue weighted by molar-refractivity contribution is 6.30. The second-order valence-corrected chi connectivity index (χ2v) is 7.04. The molecule has 2 aromatic carbocycles. The summed E-state index contributed by atoms with van der Waals surface area (Å²) >= 11 is 5.97. The second-order valence-electron chi connectivity index (χ2n) is 6.61. The molecule has 0 aliphatic heterocycles. The number of benzene rings is 2. The highest BCUT2D eigenvalue weighted by Gasteiger charge is 2.33. The molecule has 1 amide bonds. The van der Waals surface area contributed by atoms with Gasteiger partial charge in [-0.1, -0.05) is 35.9 Å². The zero-order chi connectivity index (χ0) is 18.1. The van der Waals surface area contributed by atoms with Gasteiger partial charge >= 0.3 is 0 Å². The van der Waals surface area contributed by atoms with E-state index in [9.17, 15) is 9.59 Å². The fraction of sp³-hybridized carbons (Fsp3) is 0.250. The Balaban J connectivity index is 1.57. The van der Waals surface area contributed by atoms with Gasteiger partial charge in [0.2, 0.25) is 5.91 Å². The van der Waals surface area contributed by atoms with Crippen molar-refractivity contribution in [1.29, 1.82) is 0 Å². The Morgan fingerprint density at radius 2 is 1.92 bits per heavy atom. The van der Waals surface area contributed by atoms with Crippen LogP contribution in [-0.2, 0) is 11.3 Å². The molecule has 1 aliphatic rings. The minimum Gasteiger partial charge on any atom is -0.347 e. The van der Waals surface area contributed by atoms with Crippen LogP contribution in [0.1, 0.15) is 24.4 Å². The molecule has 0 bridgehead atoms. The van der Waals surface area contributed by atoms with Crippen LogP contribution in [0, 0.1) is 5.92 Å². The number of carbonyl (C=O) groups excluding carboxylic acids is 1. The van der Waals surface area contributed by atoms with E-state index in [1.165, 1.54) is 10.8 Å². The van der Waals surface area contributed by atoms with Gasteiger partial charge in [0.1, 0.15) is 6.54 Å². The standard InChI is InChI=1S/C20H18ClN3O2/c21-15-9-7-14(8-10-15)20(13-5-6-13)23-18(25)12-24-17-4-2-1-3-16(17)22-11-19(24)26/h1-4,7-11,13,20H,5-6,12H2,(H,23,25)/t20-/m0/s1. The summed E-state index contributed by atoms with van der Waals surface area (Å²) in [6.45, 7) is -0.0291. The van der Waals surface area contributed by atoms with Crippen LogP contribution < -0.4 is 10.9 Å². The van der Waals surface area contributed by atoms with Crippen LogP contribution in [0.25, 0.3) is 11.0 Å². The van der Waals surface area contributed by atoms with Gasteiger partial charge in [0.25, 0.3) is 5.56 Å². The Labute approximate surface area is 155 Å². The molecule has 1 aliphatic carbocycles. The van der Waals surface area contributed by atoms with Crippen LogP contribution in [0.3, 0.4) is 0 Å². The monoisotopic (exact) mass is 367 g/mol. The van der Waals surface area contributed by atoms with E-state index in [0.29, 0.717) is 22.0 Å². The zero-order valence-electron chi connectivity index (χ0n) is 14.1. The van der Waals surface area contributed by atoms with Gasteiger partial charge in [-0.2, -0.15) is 0 Å². The third-order valence-corrected chi connectivity index (χ3v) is 4.95. The van der Waals surface area contributed by atoms with Crippen LogP contribution in [-0.4, -0.2) is 15.5 Å². The van der Waals surface area contributed by atoms with E-state index < -0.39 is 0 Å². The van der Waals surface area contributed by atoms with Gasteiger partial charge in [-0.15, -0.1) is 0 Å². The summed E-state index contributed by atoms with van der Waals surface area (Å²) in [6.07, 6.45) is 3.44. The third-order valence-electron chi connectivity index (χ3n) is 4.69. The average molecular weight is 368 g/mol. The minimum absolute atomic E-state index is 0.0291. The maximum atomic E-state index is 12.7. The molecule has 1 saturated carbocycles. The number of fused-ring (bicyclic) bond motifs is 1. The summed E-state index contributed by atoms with van der Waals surface area (Å²) in [6, 6.07) is 14.8. The molecule has 1 atom stereocenters. The smallest absolute Gasteiger partial charge is 0.269 e. The molecular formula is C20H18ClN3O2. The Morgan fingerprint density at radius 3 is 2.65 bits per heavy atom. The number of hydrogen-bond donors (Lipinski definition) is 1. The normalized spacial score (nSPS) is 15.0. The van der Waals surface area contributed by atoms with Crippen molar-refractivity contribution in [3.63, 3.8) is 0 Å². The molecule has 1 aromatic heterocycles. The number of nitrogens with zero attached hydrogens (tertiary/aromatic N) is 2. The van der Waals surface area contributed by atoms with Gasteiger partial charge in [0.05, 0.1) is 23.3 Å². The number of rotatable bonds is 5. The van der Waals surface area contributed by atoms with E-state index in [-0.39, 0.29) is 24.1 Å². The first-order valence-electron chi connectivity index (χ1n) is 8.61. The number of hydrogen-bond acceptors (Lipinski definition) is 3. The van der Waals surface area contributed by atoms with Crippen LogP contribution in [0.2, 0.25) is 5.02 Å². The molecule has 0 unspecified atom stereocenters. The van der Waals surface area contributed by atoms with Gasteiger partial charge in [-0.05, 0) is 48.6 Å². The highest BCUT2D eigenvalue weighted by atomic mass is 35.5. The predicted octanol–water partition coefficient (Wildman–Crippen LogP) is 3.32. The van der Waals surface area contributed by atoms with Crippen molar-refractivity contribution < 1.29 is 4.79 Å². The largest absolute Gasteiger partial charge is 0.347 e. The van der Waals surface area contributed by atoms with Crippen molar-refractivity contribution in [2.45, 2.75) is 25.4 Å². The Bertz CT molecular complexity index is 1010. The van der Waals surface area contributed by atoms with Crippen molar-refractivity contribution in [2.24, 2.45) is 5.92 Å². The molecule has 1 heterocycles. The highest BCUT2D eigenvalue weighted by Crippen LogP contribution is 2.41. The Hall–Kier alpha value is -2.66. The number of para-hydroxylation sites is 2. The van der Waals surface area contributed by atoms with Crippen LogP contribution >= 0.6 is 11.6 Å². The quantitative estimate of drug-likeness (QED) is 0.752. The summed E-state index contributed by atoms with van der Waals surface area (Å²) < 4.78 is 1.46. The zero-order valence-corrected chi connectivity index (χ0v) is 14.8. The van der Waals surface area contributed by atoms with Crippen LogP contribution in [0.4, 0.5) is 0 Å². The van der Waals surface area contributed by atoms with Crippen molar-refractivity contribution >= 4 is 28.5 Å². The molecule has 26 heavy (non-hydrogen) atoms. The molecule has 5 nitrogen and oxygen atoms in total. The lowest BCUT2D eigenvalue weighted by Gasteiger charge is -2.19. The van der Waals surface area contributed by atoms with Crippen LogP contribution in [0.15, 0.2) is 59.5 Å². The van der Waals surface area contributed by atoms with Crippen molar-refractivity contribution in [3.8, 4) is 0 Å². The molecule has 3 aromatic rings. The first-order valence-corrected chi connectivity index (χ1v) is 8.99. The Morgan fingerprint density at radius 1 is 1.19 bits per heavy atom. The summed E-state index contributed by atoms with van der Waals surface area (Å²) in [5.74, 6) is 0.251. The number of nitrogens with one attached hydrogen (secondary N) is 1. The molecule has 0 spiro atoms. The molecule has 4 rings (SSSR count). The predicted molar refractivity (Wildman–Crippen MR) is 101 cm³/mol. The molecule has 0 saturated heterocycles. The van der Waals surface area contributed by atoms with Gasteiger partial charge in [0.15, 0.2) is 0 Å². The van der Waals surface area contributed by atoms with E-state index in [4.69, 9.17) is 11.6 Å². The van der Waals surface area contributed by atoms with Crippen LogP contribution in [0.5, 0.6) is 0 Å². The lowest BCUT2D eigenvalue weighted by Crippen LogP contribution is -2.35. The summed E-state index contributed by atoms with van der Waals surface area (Å²) in [5.41, 5.74) is 2.10. The van der Waals surface area contributed by atoms with Gasteiger partial charge in [-0.3, -0.25) is 14.2 Å². The first kappa shape index (κ1) is 16.8. The molecule has 132 valence electrons. The van der Waals surface area contributed by atoms with Crippen molar-refractivity contribution in [3.05, 3.63) is 75.7 Å². The summed E-state index contributed by atoms with van der Waals surface area (Å²) in [7, 11) is 0. The number of amides is 1. The third kappa shape index (κ3) is 3.48. The SMILES string of the molecule is O=C(Cn1c(=O)cnc2ccccc21)N[C@H](c1ccc(Cl)cc1)C1CC1. The Kier molecular flexibility index (Phi) is 4.47. The van der Waals surface area contributed by atoms with Crippen molar-refractivity contribution in [1.82, 2.24) is 14.9 Å². The molecule has 1 N–H and O–H groups in total. The summed E-state index contributed by atoms with van der Waals surface area (Å²) in [5, 5.41) is 3.76. The fourth-order valence-corrected chi connectivity index (χ4v) is 3.34. The molecular weight excluding hydrogens is 350 g/mol. The van der Waals surface area contributed by atoms with Crippen molar-refractivity contribution in [2.75, 3.05) is 0 Å². The molecule has 0 radical (unpaired) electrons. The van der Waals surface area contributed by atoms with E-state index in [0.717, 1.165) is 18.4 Å². The van der Waals surface area contributed by atoms with E-state index in [2.05, 4.69) is 10.3 Å². The second kappa shape index (κ2) is 6.92. The lowest BCUT2D eigenvalue weighted by atomic mass is 10.0. The number of aromatic nitrogens is 2.